The van der Waals surface area contributed by atoms with E-state index in [1.165, 1.54) is 21.9 Å². The van der Waals surface area contributed by atoms with Crippen LogP contribution in [-0.2, 0) is 4.57 Å². The summed E-state index contributed by atoms with van der Waals surface area (Å²) in [4.78, 5) is 5.30. The van der Waals surface area contributed by atoms with Crippen molar-refractivity contribution in [2.24, 2.45) is 0 Å². The minimum absolute atomic E-state index is 0.808. The summed E-state index contributed by atoms with van der Waals surface area (Å²) >= 11 is 0. The van der Waals surface area contributed by atoms with Crippen molar-refractivity contribution in [1.82, 2.24) is 9.38 Å². The van der Waals surface area contributed by atoms with Gasteiger partial charge < -0.3 is 4.57 Å². The van der Waals surface area contributed by atoms with Crippen molar-refractivity contribution in [3.63, 3.8) is 0 Å². The van der Waals surface area contributed by atoms with Crippen molar-refractivity contribution in [2.45, 2.75) is 0 Å². The Balaban J connectivity index is 1.16. The molecular weight excluding hydrogens is 688 g/mol. The molecule has 0 bridgehead atoms. The fourth-order valence-electron chi connectivity index (χ4n) is 8.50. The van der Waals surface area contributed by atoms with Crippen LogP contribution in [0.1, 0.15) is 0 Å². The molecule has 55 heavy (non-hydrogen) atoms. The number of nitrogens with zero attached hydrogens (tertiary/aromatic N) is 2. The molecule has 0 aliphatic carbocycles. The lowest BCUT2D eigenvalue weighted by molar-refractivity contribution is 0.592. The van der Waals surface area contributed by atoms with Crippen molar-refractivity contribution in [3.05, 3.63) is 200 Å². The van der Waals surface area contributed by atoms with Crippen LogP contribution in [0.2, 0.25) is 0 Å². The van der Waals surface area contributed by atoms with E-state index in [1.54, 1.807) is 0 Å². The second-order valence-corrected chi connectivity index (χ2v) is 17.1. The van der Waals surface area contributed by atoms with Crippen LogP contribution in [0.4, 0.5) is 0 Å². The van der Waals surface area contributed by atoms with Gasteiger partial charge in [-0.2, -0.15) is 0 Å². The predicted octanol–water partition coefficient (Wildman–Crippen LogP) is 12.1. The molecule has 0 aliphatic heterocycles. The summed E-state index contributed by atoms with van der Waals surface area (Å²) in [6.45, 7) is 0. The minimum atomic E-state index is -3.23. The highest BCUT2D eigenvalue weighted by atomic mass is 31.2. The third kappa shape index (κ3) is 4.98. The Labute approximate surface area is 318 Å². The van der Waals surface area contributed by atoms with E-state index in [9.17, 15) is 0 Å². The number of fused-ring (bicyclic) bond motifs is 11. The normalized spacial score (nSPS) is 12.1. The first-order valence-corrected chi connectivity index (χ1v) is 20.4. The standard InChI is InChI=1S/C51H33N2OP/c54-55(41-15-6-2-7-16-41,42-17-8-3-9-18-42)43-26-29-48-46(33-43)50-44-19-11-10-14-35(44)24-27-45(50)51-52-47-28-25-40(32-49(47)53(48)51)39-23-22-37-30-36(20-21-38(37)31-39)34-12-4-1-5-13-34/h1-33H. The molecule has 0 radical (unpaired) electrons. The highest BCUT2D eigenvalue weighted by molar-refractivity contribution is 7.85. The SMILES string of the molecule is O=P(c1ccccc1)(c1ccccc1)c1ccc2c(c1)c1c3ccccc3ccc1c1nc3ccc(-c4ccc5cc(-c6ccccc6)ccc5c4)cc3n21. The van der Waals surface area contributed by atoms with E-state index in [2.05, 4.69) is 144 Å². The Morgan fingerprint density at radius 1 is 0.382 bits per heavy atom. The molecule has 4 heteroatoms. The molecular formula is C51H33N2OP. The quantitative estimate of drug-likeness (QED) is 0.131. The van der Waals surface area contributed by atoms with Gasteiger partial charge in [0.2, 0.25) is 0 Å². The zero-order valence-corrected chi connectivity index (χ0v) is 30.7. The van der Waals surface area contributed by atoms with E-state index >= 15 is 4.57 Å². The molecule has 258 valence electrons. The van der Waals surface area contributed by atoms with Gasteiger partial charge in [-0.05, 0) is 92.3 Å². The summed E-state index contributed by atoms with van der Waals surface area (Å²) in [6.07, 6.45) is 0. The summed E-state index contributed by atoms with van der Waals surface area (Å²) in [5.74, 6) is 0. The molecule has 11 rings (SSSR count). The number of benzene rings is 9. The van der Waals surface area contributed by atoms with Crippen LogP contribution in [-0.4, -0.2) is 9.38 Å². The average Bonchev–Trinajstić information content (AvgIpc) is 3.65. The number of rotatable bonds is 5. The second kappa shape index (κ2) is 12.4. The van der Waals surface area contributed by atoms with Crippen LogP contribution < -0.4 is 15.9 Å². The van der Waals surface area contributed by atoms with Gasteiger partial charge in [-0.1, -0.05) is 152 Å². The number of pyridine rings is 1. The molecule has 0 spiro atoms. The molecule has 0 fully saturated rings. The molecule has 0 saturated heterocycles. The number of hydrogen-bond donors (Lipinski definition) is 0. The van der Waals surface area contributed by atoms with E-state index in [0.29, 0.717) is 0 Å². The van der Waals surface area contributed by atoms with Crippen molar-refractivity contribution in [1.29, 1.82) is 0 Å². The highest BCUT2D eigenvalue weighted by Crippen LogP contribution is 2.45. The van der Waals surface area contributed by atoms with Crippen LogP contribution in [0.15, 0.2) is 200 Å². The Morgan fingerprint density at radius 2 is 0.964 bits per heavy atom. The van der Waals surface area contributed by atoms with Crippen LogP contribution in [0.25, 0.3) is 82.2 Å². The molecule has 0 N–H and O–H groups in total. The molecule has 0 aliphatic rings. The van der Waals surface area contributed by atoms with Gasteiger partial charge in [0.15, 0.2) is 7.14 Å². The van der Waals surface area contributed by atoms with Crippen molar-refractivity contribution >= 4 is 83.0 Å². The van der Waals surface area contributed by atoms with Crippen LogP contribution in [0.3, 0.4) is 0 Å². The zero-order chi connectivity index (χ0) is 36.5. The number of hydrogen-bond acceptors (Lipinski definition) is 2. The predicted molar refractivity (Wildman–Crippen MR) is 233 cm³/mol. The summed E-state index contributed by atoms with van der Waals surface area (Å²) in [5.41, 5.74) is 8.63. The lowest BCUT2D eigenvalue weighted by atomic mass is 9.97. The van der Waals surface area contributed by atoms with Crippen molar-refractivity contribution < 1.29 is 4.57 Å². The third-order valence-electron chi connectivity index (χ3n) is 11.2. The van der Waals surface area contributed by atoms with Crippen molar-refractivity contribution in [2.75, 3.05) is 0 Å². The molecule has 9 aromatic carbocycles. The van der Waals surface area contributed by atoms with E-state index in [0.717, 1.165) is 76.2 Å². The first kappa shape index (κ1) is 31.7. The molecule has 0 unspecified atom stereocenters. The molecule has 0 amide bonds. The fraction of sp³-hybridized carbons (Fsp3) is 0. The lowest BCUT2D eigenvalue weighted by Crippen LogP contribution is -2.25. The third-order valence-corrected chi connectivity index (χ3v) is 14.3. The summed E-state index contributed by atoms with van der Waals surface area (Å²) < 4.78 is 18.0. The van der Waals surface area contributed by atoms with Gasteiger partial charge in [0.1, 0.15) is 5.65 Å². The highest BCUT2D eigenvalue weighted by Gasteiger charge is 2.30. The van der Waals surface area contributed by atoms with Crippen LogP contribution in [0, 0.1) is 0 Å². The van der Waals surface area contributed by atoms with E-state index in [4.69, 9.17) is 4.98 Å². The largest absolute Gasteiger partial charge is 0.309 e. The van der Waals surface area contributed by atoms with Gasteiger partial charge in [-0.15, -0.1) is 0 Å². The summed E-state index contributed by atoms with van der Waals surface area (Å²) in [6, 6.07) is 69.7. The topological polar surface area (TPSA) is 34.4 Å². The number of imidazole rings is 1. The van der Waals surface area contributed by atoms with Crippen molar-refractivity contribution in [3.8, 4) is 22.3 Å². The lowest BCUT2D eigenvalue weighted by Gasteiger charge is -2.21. The first-order valence-electron chi connectivity index (χ1n) is 18.6. The molecule has 3 nitrogen and oxygen atoms in total. The summed E-state index contributed by atoms with van der Waals surface area (Å²) in [7, 11) is -3.23. The Morgan fingerprint density at radius 3 is 1.67 bits per heavy atom. The molecule has 11 aromatic rings. The smallest absolute Gasteiger partial charge is 0.171 e. The Kier molecular flexibility index (Phi) is 7.14. The first-order chi connectivity index (χ1) is 27.1. The van der Waals surface area contributed by atoms with Gasteiger partial charge in [-0.25, -0.2) is 4.98 Å². The maximum Gasteiger partial charge on any atom is 0.171 e. The summed E-state index contributed by atoms with van der Waals surface area (Å²) in [5, 5.41) is 10.4. The van der Waals surface area contributed by atoms with E-state index in [1.807, 2.05) is 60.7 Å². The Bertz CT molecular complexity index is 3290. The minimum Gasteiger partial charge on any atom is -0.309 e. The van der Waals surface area contributed by atoms with Gasteiger partial charge in [0, 0.05) is 32.1 Å². The second-order valence-electron chi connectivity index (χ2n) is 14.3. The maximum atomic E-state index is 15.7. The molecule has 0 atom stereocenters. The Hall–Kier alpha value is -6.80. The zero-order valence-electron chi connectivity index (χ0n) is 29.8. The van der Waals surface area contributed by atoms with Gasteiger partial charge in [-0.3, -0.25) is 4.40 Å². The molecule has 2 aromatic heterocycles. The van der Waals surface area contributed by atoms with E-state index in [-0.39, 0.29) is 0 Å². The monoisotopic (exact) mass is 720 g/mol. The van der Waals surface area contributed by atoms with Gasteiger partial charge in [0.05, 0.1) is 16.6 Å². The van der Waals surface area contributed by atoms with Crippen LogP contribution >= 0.6 is 7.14 Å². The van der Waals surface area contributed by atoms with Gasteiger partial charge in [0.25, 0.3) is 0 Å². The van der Waals surface area contributed by atoms with Crippen LogP contribution in [0.5, 0.6) is 0 Å². The fourth-order valence-corrected chi connectivity index (χ4v) is 11.2. The average molecular weight is 721 g/mol. The van der Waals surface area contributed by atoms with E-state index < -0.39 is 7.14 Å². The van der Waals surface area contributed by atoms with Gasteiger partial charge >= 0.3 is 0 Å². The maximum absolute atomic E-state index is 15.7. The molecule has 2 heterocycles. The number of aromatic nitrogens is 2. The molecule has 0 saturated carbocycles.